The SMILES string of the molecule is O=C(O)c1cccc2c1N[C@H](c1cc([N+](=O)[O-])ccc1Cl)[C@@H]1[C@H]3CC[C@@H](C3)[C@H]21. The summed E-state index contributed by atoms with van der Waals surface area (Å²) in [6.07, 6.45) is 3.42. The van der Waals surface area contributed by atoms with Crippen molar-refractivity contribution in [1.29, 1.82) is 0 Å². The van der Waals surface area contributed by atoms with Gasteiger partial charge in [0.15, 0.2) is 0 Å². The molecule has 2 aromatic carbocycles. The number of rotatable bonds is 3. The zero-order chi connectivity index (χ0) is 19.6. The fraction of sp³-hybridized carbons (Fsp3) is 0.381. The predicted octanol–water partition coefficient (Wildman–Crippen LogP) is 5.24. The lowest BCUT2D eigenvalue weighted by molar-refractivity contribution is -0.384. The number of fused-ring (bicyclic) bond motifs is 7. The van der Waals surface area contributed by atoms with Crippen molar-refractivity contribution in [3.8, 4) is 0 Å². The maximum atomic E-state index is 11.8. The minimum Gasteiger partial charge on any atom is -0.478 e. The summed E-state index contributed by atoms with van der Waals surface area (Å²) < 4.78 is 0. The molecule has 2 fully saturated rings. The third-order valence-corrected chi connectivity index (χ3v) is 7.22. The van der Waals surface area contributed by atoms with Gasteiger partial charge in [-0.1, -0.05) is 23.7 Å². The number of nitrogens with zero attached hydrogens (tertiary/aromatic N) is 1. The van der Waals surface area contributed by atoms with Crippen LogP contribution in [0.1, 0.15) is 52.7 Å². The molecule has 0 radical (unpaired) electrons. The molecule has 2 bridgehead atoms. The Labute approximate surface area is 166 Å². The smallest absolute Gasteiger partial charge is 0.337 e. The van der Waals surface area contributed by atoms with Gasteiger partial charge in [-0.3, -0.25) is 10.1 Å². The number of halogens is 1. The zero-order valence-corrected chi connectivity index (χ0v) is 15.7. The molecule has 6 nitrogen and oxygen atoms in total. The number of hydrogen-bond acceptors (Lipinski definition) is 4. The van der Waals surface area contributed by atoms with E-state index in [1.165, 1.54) is 12.1 Å². The molecular formula is C21H19ClN2O4. The Morgan fingerprint density at radius 3 is 2.71 bits per heavy atom. The maximum Gasteiger partial charge on any atom is 0.337 e. The number of hydrogen-bond donors (Lipinski definition) is 2. The van der Waals surface area contributed by atoms with Crippen LogP contribution in [0, 0.1) is 27.9 Å². The molecule has 5 atom stereocenters. The van der Waals surface area contributed by atoms with Crippen molar-refractivity contribution in [3.63, 3.8) is 0 Å². The first-order chi connectivity index (χ1) is 13.5. The highest BCUT2D eigenvalue weighted by Crippen LogP contribution is 2.64. The number of non-ortho nitro benzene ring substituents is 1. The maximum absolute atomic E-state index is 11.8. The third-order valence-electron chi connectivity index (χ3n) is 6.88. The largest absolute Gasteiger partial charge is 0.478 e. The van der Waals surface area contributed by atoms with Gasteiger partial charge < -0.3 is 10.4 Å². The van der Waals surface area contributed by atoms with E-state index in [-0.39, 0.29) is 29.1 Å². The van der Waals surface area contributed by atoms with Crippen LogP contribution in [0.4, 0.5) is 11.4 Å². The van der Waals surface area contributed by atoms with Gasteiger partial charge in [0.05, 0.1) is 22.2 Å². The molecule has 0 amide bonds. The van der Waals surface area contributed by atoms with Gasteiger partial charge in [0.1, 0.15) is 0 Å². The van der Waals surface area contributed by atoms with Crippen LogP contribution in [-0.4, -0.2) is 16.0 Å². The van der Waals surface area contributed by atoms with E-state index in [0.29, 0.717) is 28.1 Å². The van der Waals surface area contributed by atoms with E-state index >= 15 is 0 Å². The number of carbonyl (C=O) groups is 1. The quantitative estimate of drug-likeness (QED) is 0.544. The molecule has 0 saturated heterocycles. The highest BCUT2D eigenvalue weighted by molar-refractivity contribution is 6.31. The molecule has 2 N–H and O–H groups in total. The first-order valence-corrected chi connectivity index (χ1v) is 9.90. The van der Waals surface area contributed by atoms with E-state index in [2.05, 4.69) is 5.32 Å². The van der Waals surface area contributed by atoms with Crippen LogP contribution in [0.15, 0.2) is 36.4 Å². The Morgan fingerprint density at radius 2 is 1.96 bits per heavy atom. The van der Waals surface area contributed by atoms with E-state index in [1.54, 1.807) is 12.1 Å². The lowest BCUT2D eigenvalue weighted by Crippen LogP contribution is -2.36. The first-order valence-electron chi connectivity index (χ1n) is 9.52. The van der Waals surface area contributed by atoms with Gasteiger partial charge in [0.25, 0.3) is 5.69 Å². The van der Waals surface area contributed by atoms with E-state index in [0.717, 1.165) is 24.8 Å². The standard InChI is InChI=1S/C21H19ClN2O4/c22-16-7-6-12(24(27)28)9-15(16)20-18-11-5-4-10(8-11)17(18)13-2-1-3-14(21(25)26)19(13)23-20/h1-3,6-7,9-11,17-18,20,23H,4-5,8H2,(H,25,26)/t10-,11-,17+,18+,20+/m0/s1. The average molecular weight is 399 g/mol. The Kier molecular flexibility index (Phi) is 3.88. The monoisotopic (exact) mass is 398 g/mol. The number of carboxylic acids is 1. The number of para-hydroxylation sites is 1. The highest BCUT2D eigenvalue weighted by Gasteiger charge is 2.54. The van der Waals surface area contributed by atoms with Gasteiger partial charge in [-0.25, -0.2) is 4.79 Å². The molecule has 0 unspecified atom stereocenters. The van der Waals surface area contributed by atoms with Crippen LogP contribution in [0.25, 0.3) is 0 Å². The van der Waals surface area contributed by atoms with Crippen molar-refractivity contribution in [2.45, 2.75) is 31.2 Å². The second-order valence-corrected chi connectivity index (χ2v) is 8.50. The summed E-state index contributed by atoms with van der Waals surface area (Å²) in [6, 6.07) is 9.72. The van der Waals surface area contributed by atoms with Crippen molar-refractivity contribution in [1.82, 2.24) is 0 Å². The number of benzene rings is 2. The molecule has 1 heterocycles. The van der Waals surface area contributed by atoms with Gasteiger partial charge in [0, 0.05) is 22.7 Å². The fourth-order valence-electron chi connectivity index (χ4n) is 5.88. The molecule has 0 aromatic heterocycles. The van der Waals surface area contributed by atoms with Crippen LogP contribution >= 0.6 is 11.6 Å². The second kappa shape index (κ2) is 6.21. The Morgan fingerprint density at radius 1 is 1.18 bits per heavy atom. The number of nitro benzene ring substituents is 1. The van der Waals surface area contributed by atoms with Crippen molar-refractivity contribution in [2.75, 3.05) is 5.32 Å². The van der Waals surface area contributed by atoms with Gasteiger partial charge in [-0.05, 0) is 60.6 Å². The summed E-state index contributed by atoms with van der Waals surface area (Å²) >= 11 is 6.48. The molecule has 144 valence electrons. The fourth-order valence-corrected chi connectivity index (χ4v) is 6.12. The van der Waals surface area contributed by atoms with Crippen LogP contribution < -0.4 is 5.32 Å². The minimum absolute atomic E-state index is 0.00165. The Bertz CT molecular complexity index is 1010. The van der Waals surface area contributed by atoms with Crippen molar-refractivity contribution < 1.29 is 14.8 Å². The number of nitro groups is 1. The number of anilines is 1. The summed E-state index contributed by atoms with van der Waals surface area (Å²) in [4.78, 5) is 22.7. The normalized spacial score (nSPS) is 29.7. The Hall–Kier alpha value is -2.60. The highest BCUT2D eigenvalue weighted by atomic mass is 35.5. The summed E-state index contributed by atoms with van der Waals surface area (Å²) in [5.41, 5.74) is 2.62. The van der Waals surface area contributed by atoms with Crippen molar-refractivity contribution >= 4 is 28.9 Å². The van der Waals surface area contributed by atoms with Gasteiger partial charge in [0.2, 0.25) is 0 Å². The second-order valence-electron chi connectivity index (χ2n) is 8.10. The predicted molar refractivity (Wildman–Crippen MR) is 105 cm³/mol. The van der Waals surface area contributed by atoms with Crippen molar-refractivity contribution in [2.24, 2.45) is 17.8 Å². The number of aromatic carboxylic acids is 1. The summed E-state index contributed by atoms with van der Waals surface area (Å²) in [5.74, 6) is 0.587. The molecule has 0 spiro atoms. The number of nitrogens with one attached hydrogen (secondary N) is 1. The van der Waals surface area contributed by atoms with Gasteiger partial charge >= 0.3 is 5.97 Å². The van der Waals surface area contributed by atoms with E-state index in [1.807, 2.05) is 12.1 Å². The first kappa shape index (κ1) is 17.5. The van der Waals surface area contributed by atoms with E-state index < -0.39 is 10.9 Å². The lowest BCUT2D eigenvalue weighted by Gasteiger charge is -2.44. The molecule has 2 saturated carbocycles. The molecule has 2 aliphatic carbocycles. The summed E-state index contributed by atoms with van der Waals surface area (Å²) in [6.45, 7) is 0. The number of carboxylic acid groups (broad SMARTS) is 1. The average Bonchev–Trinajstić information content (AvgIpc) is 3.29. The molecule has 3 aliphatic rings. The van der Waals surface area contributed by atoms with Crippen LogP contribution in [0.2, 0.25) is 5.02 Å². The molecule has 5 rings (SSSR count). The van der Waals surface area contributed by atoms with E-state index in [4.69, 9.17) is 11.6 Å². The third kappa shape index (κ3) is 2.44. The Balaban J connectivity index is 1.69. The summed E-state index contributed by atoms with van der Waals surface area (Å²) in [7, 11) is 0. The minimum atomic E-state index is -0.977. The molecule has 1 aliphatic heterocycles. The zero-order valence-electron chi connectivity index (χ0n) is 15.0. The van der Waals surface area contributed by atoms with Crippen molar-refractivity contribution in [3.05, 3.63) is 68.2 Å². The molecule has 2 aromatic rings. The van der Waals surface area contributed by atoms with Gasteiger partial charge in [-0.2, -0.15) is 0 Å². The van der Waals surface area contributed by atoms with E-state index in [9.17, 15) is 20.0 Å². The topological polar surface area (TPSA) is 92.5 Å². The van der Waals surface area contributed by atoms with Crippen LogP contribution in [0.3, 0.4) is 0 Å². The van der Waals surface area contributed by atoms with Crippen LogP contribution in [-0.2, 0) is 0 Å². The molecule has 28 heavy (non-hydrogen) atoms. The molecular weight excluding hydrogens is 380 g/mol. The summed E-state index contributed by atoms with van der Waals surface area (Å²) in [5, 5.41) is 24.9. The lowest BCUT2D eigenvalue weighted by atomic mass is 9.67. The van der Waals surface area contributed by atoms with Crippen LogP contribution in [0.5, 0.6) is 0 Å². The molecule has 7 heteroatoms. The van der Waals surface area contributed by atoms with Gasteiger partial charge in [-0.15, -0.1) is 0 Å².